The Labute approximate surface area is 247 Å². The minimum atomic E-state index is -0.222. The van der Waals surface area contributed by atoms with Gasteiger partial charge in [-0.2, -0.15) is 0 Å². The Morgan fingerprint density at radius 2 is 1.71 bits per heavy atom. The van der Waals surface area contributed by atoms with Gasteiger partial charge in [0.2, 0.25) is 0 Å². The SMILES string of the molecule is CCCC(=O)c1ccc(NC(=O)c2cc(-c3cccnc3)nc3c(C)cc(C)cc23)cc1.CCCCc1cnc(C)o1. The van der Waals surface area contributed by atoms with Gasteiger partial charge in [0.25, 0.3) is 5.91 Å². The minimum absolute atomic E-state index is 0.109. The molecule has 5 rings (SSSR count). The second kappa shape index (κ2) is 14.3. The van der Waals surface area contributed by atoms with Crippen molar-refractivity contribution in [2.75, 3.05) is 5.32 Å². The molecule has 216 valence electrons. The van der Waals surface area contributed by atoms with Crippen molar-refractivity contribution in [3.63, 3.8) is 0 Å². The van der Waals surface area contributed by atoms with Gasteiger partial charge in [0, 0.05) is 54.4 Å². The van der Waals surface area contributed by atoms with Crippen LogP contribution in [0, 0.1) is 20.8 Å². The number of hydrogen-bond acceptors (Lipinski definition) is 6. The van der Waals surface area contributed by atoms with E-state index in [-0.39, 0.29) is 11.7 Å². The molecule has 2 aromatic carbocycles. The molecule has 0 bridgehead atoms. The van der Waals surface area contributed by atoms with Gasteiger partial charge in [-0.25, -0.2) is 9.97 Å². The van der Waals surface area contributed by atoms with E-state index in [4.69, 9.17) is 9.40 Å². The zero-order chi connectivity index (χ0) is 30.1. The summed E-state index contributed by atoms with van der Waals surface area (Å²) in [5.41, 5.74) is 6.27. The van der Waals surface area contributed by atoms with Crippen LogP contribution in [0.15, 0.2) is 77.6 Å². The maximum Gasteiger partial charge on any atom is 0.256 e. The van der Waals surface area contributed by atoms with Gasteiger partial charge < -0.3 is 9.73 Å². The summed E-state index contributed by atoms with van der Waals surface area (Å²) in [6.45, 7) is 10.0. The van der Waals surface area contributed by atoms with Gasteiger partial charge in [0.1, 0.15) is 5.76 Å². The number of unbranched alkanes of at least 4 members (excludes halogenated alkanes) is 1. The number of nitrogens with one attached hydrogen (secondary N) is 1. The van der Waals surface area contributed by atoms with Crippen LogP contribution in [0.2, 0.25) is 0 Å². The summed E-state index contributed by atoms with van der Waals surface area (Å²) < 4.78 is 5.27. The van der Waals surface area contributed by atoms with E-state index in [0.29, 0.717) is 28.9 Å². The van der Waals surface area contributed by atoms with E-state index in [0.717, 1.165) is 52.1 Å². The largest absolute Gasteiger partial charge is 0.446 e. The van der Waals surface area contributed by atoms with Crippen molar-refractivity contribution >= 4 is 28.3 Å². The normalized spacial score (nSPS) is 10.7. The fraction of sp³-hybridized carbons (Fsp3) is 0.286. The fourth-order valence-corrected chi connectivity index (χ4v) is 4.71. The van der Waals surface area contributed by atoms with E-state index >= 15 is 0 Å². The van der Waals surface area contributed by atoms with E-state index in [9.17, 15) is 9.59 Å². The second-order valence-electron chi connectivity index (χ2n) is 10.4. The number of ketones is 1. The number of amides is 1. The second-order valence-corrected chi connectivity index (χ2v) is 10.4. The first-order valence-corrected chi connectivity index (χ1v) is 14.5. The molecule has 1 N–H and O–H groups in total. The Morgan fingerprint density at radius 3 is 2.36 bits per heavy atom. The lowest BCUT2D eigenvalue weighted by Gasteiger charge is -2.13. The quantitative estimate of drug-likeness (QED) is 0.181. The van der Waals surface area contributed by atoms with Gasteiger partial charge in [0.05, 0.1) is 23.0 Å². The van der Waals surface area contributed by atoms with Gasteiger partial charge in [-0.05, 0) is 80.8 Å². The summed E-state index contributed by atoms with van der Waals surface area (Å²) in [5.74, 6) is 1.67. The number of carbonyl (C=O) groups excluding carboxylic acids is 2. The predicted molar refractivity (Wildman–Crippen MR) is 168 cm³/mol. The molecule has 1 amide bonds. The molecule has 0 saturated heterocycles. The zero-order valence-corrected chi connectivity index (χ0v) is 25.0. The van der Waals surface area contributed by atoms with Crippen molar-refractivity contribution in [3.05, 3.63) is 107 Å². The van der Waals surface area contributed by atoms with Gasteiger partial charge >= 0.3 is 0 Å². The monoisotopic (exact) mass is 562 g/mol. The third-order valence-electron chi connectivity index (χ3n) is 6.84. The fourth-order valence-electron chi connectivity index (χ4n) is 4.71. The molecule has 0 fully saturated rings. The number of rotatable bonds is 9. The van der Waals surface area contributed by atoms with Gasteiger partial charge in [-0.3, -0.25) is 14.6 Å². The van der Waals surface area contributed by atoms with E-state index in [1.165, 1.54) is 12.8 Å². The zero-order valence-electron chi connectivity index (χ0n) is 25.0. The summed E-state index contributed by atoms with van der Waals surface area (Å²) >= 11 is 0. The highest BCUT2D eigenvalue weighted by Crippen LogP contribution is 2.28. The summed E-state index contributed by atoms with van der Waals surface area (Å²) in [6, 6.07) is 16.7. The number of aryl methyl sites for hydroxylation is 4. The van der Waals surface area contributed by atoms with Crippen LogP contribution in [0.4, 0.5) is 5.69 Å². The number of anilines is 1. The number of pyridine rings is 2. The van der Waals surface area contributed by atoms with Crippen LogP contribution in [0.3, 0.4) is 0 Å². The molecule has 0 atom stereocenters. The average molecular weight is 563 g/mol. The molecule has 7 heteroatoms. The summed E-state index contributed by atoms with van der Waals surface area (Å²) in [7, 11) is 0. The number of benzene rings is 2. The van der Waals surface area contributed by atoms with Crippen LogP contribution in [-0.2, 0) is 6.42 Å². The van der Waals surface area contributed by atoms with Crippen molar-refractivity contribution < 1.29 is 14.0 Å². The standard InChI is InChI=1S/C27H25N3O2.C8H13NO/c1-4-6-25(31)19-8-10-21(11-9-19)29-27(32)23-15-24(20-7-5-12-28-16-20)30-26-18(3)13-17(2)14-22(23)26;1-3-4-5-8-6-9-7(2)10-8/h5,7-16H,4,6H2,1-3H3,(H,29,32);6H,3-5H2,1-2H3. The summed E-state index contributed by atoms with van der Waals surface area (Å²) in [4.78, 5) is 38.4. The van der Waals surface area contributed by atoms with Gasteiger partial charge in [-0.1, -0.05) is 31.9 Å². The minimum Gasteiger partial charge on any atom is -0.446 e. The lowest BCUT2D eigenvalue weighted by atomic mass is 9.99. The number of carbonyl (C=O) groups is 2. The van der Waals surface area contributed by atoms with Crippen molar-refractivity contribution in [2.24, 2.45) is 0 Å². The van der Waals surface area contributed by atoms with E-state index in [2.05, 4.69) is 28.3 Å². The summed E-state index contributed by atoms with van der Waals surface area (Å²) in [6.07, 6.45) is 10.0. The van der Waals surface area contributed by atoms with Crippen molar-refractivity contribution in [2.45, 2.75) is 66.7 Å². The van der Waals surface area contributed by atoms with Crippen molar-refractivity contribution in [1.82, 2.24) is 15.0 Å². The van der Waals surface area contributed by atoms with Crippen LogP contribution in [-0.4, -0.2) is 26.6 Å². The topological polar surface area (TPSA) is 98.0 Å². The number of Topliss-reactive ketones (excluding diaryl/α,β-unsaturated/α-hetero) is 1. The van der Waals surface area contributed by atoms with Crippen LogP contribution in [0.25, 0.3) is 22.2 Å². The molecule has 0 aliphatic heterocycles. The number of nitrogens with zero attached hydrogens (tertiary/aromatic N) is 3. The Bertz CT molecular complexity index is 1660. The number of hydrogen-bond donors (Lipinski definition) is 1. The molecule has 3 aromatic heterocycles. The average Bonchev–Trinajstić information content (AvgIpc) is 3.41. The number of aromatic nitrogens is 3. The van der Waals surface area contributed by atoms with Crippen LogP contribution in [0.5, 0.6) is 0 Å². The highest BCUT2D eigenvalue weighted by atomic mass is 16.3. The number of fused-ring (bicyclic) bond motifs is 1. The molecular formula is C35H38N4O3. The third kappa shape index (κ3) is 7.75. The maximum absolute atomic E-state index is 13.3. The molecule has 0 aliphatic carbocycles. The molecule has 0 spiro atoms. The first-order chi connectivity index (χ1) is 20.3. The number of oxazole rings is 1. The summed E-state index contributed by atoms with van der Waals surface area (Å²) in [5, 5.41) is 3.78. The molecule has 0 aliphatic rings. The first kappa shape index (κ1) is 30.3. The van der Waals surface area contributed by atoms with Crippen molar-refractivity contribution in [1.29, 1.82) is 0 Å². The van der Waals surface area contributed by atoms with E-state index < -0.39 is 0 Å². The highest BCUT2D eigenvalue weighted by Gasteiger charge is 2.16. The molecule has 0 radical (unpaired) electrons. The van der Waals surface area contributed by atoms with Crippen LogP contribution in [0.1, 0.15) is 83.0 Å². The predicted octanol–water partition coefficient (Wildman–Crippen LogP) is 8.47. The highest BCUT2D eigenvalue weighted by molar-refractivity contribution is 6.13. The molecule has 5 aromatic rings. The van der Waals surface area contributed by atoms with E-state index in [1.54, 1.807) is 36.7 Å². The lowest BCUT2D eigenvalue weighted by Crippen LogP contribution is -2.13. The molecule has 42 heavy (non-hydrogen) atoms. The maximum atomic E-state index is 13.3. The van der Waals surface area contributed by atoms with Crippen molar-refractivity contribution in [3.8, 4) is 11.3 Å². The first-order valence-electron chi connectivity index (χ1n) is 14.5. The van der Waals surface area contributed by atoms with E-state index in [1.807, 2.05) is 58.2 Å². The van der Waals surface area contributed by atoms with Gasteiger partial charge in [0.15, 0.2) is 11.7 Å². The molecular weight excluding hydrogens is 524 g/mol. The smallest absolute Gasteiger partial charge is 0.256 e. The Morgan fingerprint density at radius 1 is 0.929 bits per heavy atom. The molecule has 3 heterocycles. The van der Waals surface area contributed by atoms with Crippen LogP contribution >= 0.6 is 0 Å². The molecule has 7 nitrogen and oxygen atoms in total. The Kier molecular flexibility index (Phi) is 10.3. The van der Waals surface area contributed by atoms with Crippen LogP contribution < -0.4 is 5.32 Å². The molecule has 0 saturated carbocycles. The Hall–Kier alpha value is -4.65. The van der Waals surface area contributed by atoms with Gasteiger partial charge in [-0.15, -0.1) is 0 Å². The molecule has 0 unspecified atom stereocenters. The Balaban J connectivity index is 0.000000343. The lowest BCUT2D eigenvalue weighted by molar-refractivity contribution is 0.0980. The third-order valence-corrected chi connectivity index (χ3v) is 6.84.